The molecule has 0 saturated carbocycles. The van der Waals surface area contributed by atoms with E-state index < -0.39 is 0 Å². The molecule has 13 heavy (non-hydrogen) atoms. The molecule has 72 valence electrons. The molecule has 1 rings (SSSR count). The summed E-state index contributed by atoms with van der Waals surface area (Å²) in [5.41, 5.74) is 2.48. The highest BCUT2D eigenvalue weighted by atomic mass is 79.9. The number of hydrogen-bond acceptors (Lipinski definition) is 1. The zero-order valence-corrected chi connectivity index (χ0v) is 9.82. The Hall–Kier alpha value is -0.500. The van der Waals surface area contributed by atoms with Gasteiger partial charge >= 0.3 is 0 Å². The summed E-state index contributed by atoms with van der Waals surface area (Å²) >= 11 is 3.57. The molecular formula is C11H16BrN. The first-order valence-electron chi connectivity index (χ1n) is 4.74. The number of unbranched alkanes of at least 4 members (excludes halogenated alkanes) is 1. The van der Waals surface area contributed by atoms with E-state index in [1.54, 1.807) is 0 Å². The lowest BCUT2D eigenvalue weighted by Gasteiger charge is -2.09. The van der Waals surface area contributed by atoms with Gasteiger partial charge in [0, 0.05) is 16.7 Å². The van der Waals surface area contributed by atoms with Crippen LogP contribution in [-0.4, -0.2) is 6.54 Å². The van der Waals surface area contributed by atoms with Gasteiger partial charge in [0.2, 0.25) is 0 Å². The Morgan fingerprint density at radius 2 is 2.15 bits per heavy atom. The lowest BCUT2D eigenvalue weighted by atomic mass is 10.2. The molecule has 0 aliphatic heterocycles. The molecule has 1 aromatic rings. The van der Waals surface area contributed by atoms with Crippen molar-refractivity contribution in [3.05, 3.63) is 28.2 Å². The molecule has 0 amide bonds. The summed E-state index contributed by atoms with van der Waals surface area (Å²) < 4.78 is 1.19. The highest BCUT2D eigenvalue weighted by Gasteiger charge is 1.99. The van der Waals surface area contributed by atoms with Crippen LogP contribution in [0.25, 0.3) is 0 Å². The molecule has 0 unspecified atom stereocenters. The van der Waals surface area contributed by atoms with Gasteiger partial charge in [-0.05, 0) is 40.9 Å². The summed E-state index contributed by atoms with van der Waals surface area (Å²) in [7, 11) is 0. The number of hydrogen-bond donors (Lipinski definition) is 1. The Morgan fingerprint density at radius 1 is 1.38 bits per heavy atom. The largest absolute Gasteiger partial charge is 0.384 e. The Kier molecular flexibility index (Phi) is 4.29. The van der Waals surface area contributed by atoms with Crippen LogP contribution in [-0.2, 0) is 0 Å². The van der Waals surface area contributed by atoms with E-state index in [1.165, 1.54) is 28.6 Å². The molecule has 0 saturated heterocycles. The molecule has 0 bridgehead atoms. The molecule has 2 heteroatoms. The lowest BCUT2D eigenvalue weighted by Crippen LogP contribution is -2.01. The summed E-state index contributed by atoms with van der Waals surface area (Å²) in [5.74, 6) is 0. The fourth-order valence-electron chi connectivity index (χ4n) is 1.18. The van der Waals surface area contributed by atoms with Gasteiger partial charge < -0.3 is 5.32 Å². The van der Waals surface area contributed by atoms with Crippen LogP contribution in [0, 0.1) is 6.92 Å². The topological polar surface area (TPSA) is 12.0 Å². The van der Waals surface area contributed by atoms with Crippen molar-refractivity contribution in [3.8, 4) is 0 Å². The SMILES string of the molecule is CCCCNc1cccc(C)c1Br. The maximum absolute atomic E-state index is 3.57. The van der Waals surface area contributed by atoms with Gasteiger partial charge in [-0.15, -0.1) is 0 Å². The molecule has 0 heterocycles. The van der Waals surface area contributed by atoms with Crippen LogP contribution >= 0.6 is 15.9 Å². The Balaban J connectivity index is 2.61. The molecule has 0 aromatic heterocycles. The summed E-state index contributed by atoms with van der Waals surface area (Å²) in [6, 6.07) is 6.29. The highest BCUT2D eigenvalue weighted by Crippen LogP contribution is 2.25. The van der Waals surface area contributed by atoms with Gasteiger partial charge in [-0.3, -0.25) is 0 Å². The van der Waals surface area contributed by atoms with E-state index in [0.717, 1.165) is 6.54 Å². The fraction of sp³-hybridized carbons (Fsp3) is 0.455. The number of halogens is 1. The maximum atomic E-state index is 3.57. The average molecular weight is 242 g/mol. The van der Waals surface area contributed by atoms with Crippen LogP contribution < -0.4 is 5.32 Å². The molecular weight excluding hydrogens is 226 g/mol. The van der Waals surface area contributed by atoms with Gasteiger partial charge in [0.15, 0.2) is 0 Å². The van der Waals surface area contributed by atoms with Gasteiger partial charge in [-0.25, -0.2) is 0 Å². The van der Waals surface area contributed by atoms with Gasteiger partial charge in [-0.1, -0.05) is 25.5 Å². The summed E-state index contributed by atoms with van der Waals surface area (Å²) in [6.07, 6.45) is 2.46. The standard InChI is InChI=1S/C11H16BrN/c1-3-4-8-13-10-7-5-6-9(2)11(10)12/h5-7,13H,3-4,8H2,1-2H3. The van der Waals surface area contributed by atoms with Crippen LogP contribution in [0.4, 0.5) is 5.69 Å². The van der Waals surface area contributed by atoms with Crippen molar-refractivity contribution in [2.75, 3.05) is 11.9 Å². The van der Waals surface area contributed by atoms with Crippen LogP contribution in [0.5, 0.6) is 0 Å². The Labute approximate surface area is 88.7 Å². The van der Waals surface area contributed by atoms with Crippen molar-refractivity contribution in [3.63, 3.8) is 0 Å². The van der Waals surface area contributed by atoms with Gasteiger partial charge in [-0.2, -0.15) is 0 Å². The molecule has 1 nitrogen and oxygen atoms in total. The van der Waals surface area contributed by atoms with E-state index in [9.17, 15) is 0 Å². The first-order valence-corrected chi connectivity index (χ1v) is 5.54. The minimum atomic E-state index is 1.05. The van der Waals surface area contributed by atoms with E-state index in [4.69, 9.17) is 0 Å². The second kappa shape index (κ2) is 5.28. The maximum Gasteiger partial charge on any atom is 0.0487 e. The first kappa shape index (κ1) is 10.6. The smallest absolute Gasteiger partial charge is 0.0487 e. The van der Waals surface area contributed by atoms with E-state index in [1.807, 2.05) is 0 Å². The number of rotatable bonds is 4. The Bertz CT molecular complexity index is 271. The molecule has 0 spiro atoms. The van der Waals surface area contributed by atoms with Crippen LogP contribution in [0.2, 0.25) is 0 Å². The van der Waals surface area contributed by atoms with E-state index in [0.29, 0.717) is 0 Å². The third kappa shape index (κ3) is 3.03. The predicted molar refractivity (Wildman–Crippen MR) is 62.3 cm³/mol. The molecule has 0 aliphatic rings. The second-order valence-electron chi connectivity index (χ2n) is 3.22. The van der Waals surface area contributed by atoms with Crippen molar-refractivity contribution in [2.24, 2.45) is 0 Å². The number of nitrogens with one attached hydrogen (secondary N) is 1. The van der Waals surface area contributed by atoms with E-state index >= 15 is 0 Å². The Morgan fingerprint density at radius 3 is 2.85 bits per heavy atom. The van der Waals surface area contributed by atoms with Crippen LogP contribution in [0.1, 0.15) is 25.3 Å². The molecule has 0 atom stereocenters. The zero-order chi connectivity index (χ0) is 9.68. The number of aryl methyl sites for hydroxylation is 1. The quantitative estimate of drug-likeness (QED) is 0.787. The zero-order valence-electron chi connectivity index (χ0n) is 8.23. The van der Waals surface area contributed by atoms with Crippen molar-refractivity contribution >= 4 is 21.6 Å². The van der Waals surface area contributed by atoms with Gasteiger partial charge in [0.1, 0.15) is 0 Å². The second-order valence-corrected chi connectivity index (χ2v) is 4.01. The number of benzene rings is 1. The fourth-order valence-corrected chi connectivity index (χ4v) is 1.59. The van der Waals surface area contributed by atoms with Crippen molar-refractivity contribution in [1.82, 2.24) is 0 Å². The average Bonchev–Trinajstić information content (AvgIpc) is 2.13. The summed E-state index contributed by atoms with van der Waals surface area (Å²) in [4.78, 5) is 0. The summed E-state index contributed by atoms with van der Waals surface area (Å²) in [5, 5.41) is 3.41. The molecule has 0 fully saturated rings. The minimum Gasteiger partial charge on any atom is -0.384 e. The molecule has 0 aliphatic carbocycles. The van der Waals surface area contributed by atoms with Crippen molar-refractivity contribution in [2.45, 2.75) is 26.7 Å². The monoisotopic (exact) mass is 241 g/mol. The van der Waals surface area contributed by atoms with E-state index in [2.05, 4.69) is 53.3 Å². The minimum absolute atomic E-state index is 1.05. The third-order valence-electron chi connectivity index (χ3n) is 2.04. The number of anilines is 1. The molecule has 0 radical (unpaired) electrons. The lowest BCUT2D eigenvalue weighted by molar-refractivity contribution is 0.834. The molecule has 1 aromatic carbocycles. The highest BCUT2D eigenvalue weighted by molar-refractivity contribution is 9.10. The predicted octanol–water partition coefficient (Wildman–Crippen LogP) is 3.97. The molecule has 1 N–H and O–H groups in total. The van der Waals surface area contributed by atoms with Gasteiger partial charge in [0.25, 0.3) is 0 Å². The van der Waals surface area contributed by atoms with Crippen molar-refractivity contribution in [1.29, 1.82) is 0 Å². The van der Waals surface area contributed by atoms with Crippen LogP contribution in [0.15, 0.2) is 22.7 Å². The normalized spacial score (nSPS) is 10.1. The first-order chi connectivity index (χ1) is 6.25. The van der Waals surface area contributed by atoms with Crippen LogP contribution in [0.3, 0.4) is 0 Å². The summed E-state index contributed by atoms with van der Waals surface area (Å²) in [6.45, 7) is 5.36. The van der Waals surface area contributed by atoms with E-state index in [-0.39, 0.29) is 0 Å². The van der Waals surface area contributed by atoms with Crippen molar-refractivity contribution < 1.29 is 0 Å². The third-order valence-corrected chi connectivity index (χ3v) is 3.09. The van der Waals surface area contributed by atoms with Gasteiger partial charge in [0.05, 0.1) is 0 Å².